The second kappa shape index (κ2) is 5.48. The van der Waals surface area contributed by atoms with Gasteiger partial charge in [0.05, 0.1) is 6.04 Å². The Morgan fingerprint density at radius 2 is 2.12 bits per heavy atom. The third-order valence-electron chi connectivity index (χ3n) is 3.04. The Hall–Kier alpha value is -1.83. The van der Waals surface area contributed by atoms with Gasteiger partial charge in [0.1, 0.15) is 0 Å². The lowest BCUT2D eigenvalue weighted by atomic mass is 9.91. The van der Waals surface area contributed by atoms with Crippen molar-refractivity contribution in [3.8, 4) is 0 Å². The Bertz CT molecular complexity index is 433. The molecule has 2 rings (SSSR count). The monoisotopic (exact) mass is 227 g/mol. The molecule has 0 fully saturated rings. The number of hydrogen-bond acceptors (Lipinski definition) is 1. The summed E-state index contributed by atoms with van der Waals surface area (Å²) in [5.41, 5.74) is 2.28. The smallest absolute Gasteiger partial charge is 0.207 e. The zero-order valence-corrected chi connectivity index (χ0v) is 9.97. The number of nitrogens with one attached hydrogen (secondary N) is 1. The van der Waals surface area contributed by atoms with Crippen molar-refractivity contribution < 1.29 is 4.79 Å². The van der Waals surface area contributed by atoms with Gasteiger partial charge in [-0.2, -0.15) is 0 Å². The van der Waals surface area contributed by atoms with Crippen molar-refractivity contribution >= 4 is 6.41 Å². The highest BCUT2D eigenvalue weighted by Gasteiger charge is 2.15. The van der Waals surface area contributed by atoms with Gasteiger partial charge in [-0.1, -0.05) is 55.5 Å². The van der Waals surface area contributed by atoms with Crippen molar-refractivity contribution in [3.05, 3.63) is 59.7 Å². The molecule has 0 saturated heterocycles. The molecule has 2 heteroatoms. The van der Waals surface area contributed by atoms with Crippen LogP contribution in [0.3, 0.4) is 0 Å². The van der Waals surface area contributed by atoms with E-state index in [1.807, 2.05) is 30.3 Å². The Kier molecular flexibility index (Phi) is 3.76. The second-order valence-corrected chi connectivity index (χ2v) is 4.40. The molecule has 1 aliphatic rings. The first-order chi connectivity index (χ1) is 8.31. The fraction of sp³-hybridized carbons (Fsp3) is 0.267. The van der Waals surface area contributed by atoms with Gasteiger partial charge in [-0.3, -0.25) is 4.79 Å². The predicted octanol–water partition coefficient (Wildman–Crippen LogP) is 3.00. The van der Waals surface area contributed by atoms with Gasteiger partial charge in [0, 0.05) is 0 Å². The zero-order chi connectivity index (χ0) is 12.1. The first-order valence-electron chi connectivity index (χ1n) is 5.94. The van der Waals surface area contributed by atoms with Crippen LogP contribution in [-0.2, 0) is 4.79 Å². The molecular weight excluding hydrogens is 210 g/mol. The molecule has 0 aliphatic heterocycles. The van der Waals surface area contributed by atoms with E-state index >= 15 is 0 Å². The van der Waals surface area contributed by atoms with Gasteiger partial charge in [0.15, 0.2) is 0 Å². The van der Waals surface area contributed by atoms with Crippen LogP contribution in [0.15, 0.2) is 54.1 Å². The molecule has 0 radical (unpaired) electrons. The van der Waals surface area contributed by atoms with E-state index in [1.54, 1.807) is 0 Å². The fourth-order valence-corrected chi connectivity index (χ4v) is 2.06. The highest BCUT2D eigenvalue weighted by molar-refractivity contribution is 5.51. The summed E-state index contributed by atoms with van der Waals surface area (Å²) >= 11 is 0. The van der Waals surface area contributed by atoms with Gasteiger partial charge in [-0.15, -0.1) is 0 Å². The van der Waals surface area contributed by atoms with Crippen molar-refractivity contribution in [2.24, 2.45) is 5.92 Å². The Labute approximate surface area is 102 Å². The Morgan fingerprint density at radius 3 is 2.71 bits per heavy atom. The molecule has 0 heterocycles. The molecule has 1 N–H and O–H groups in total. The first kappa shape index (κ1) is 11.6. The minimum atomic E-state index is -0.0301. The molecule has 0 aromatic heterocycles. The third-order valence-corrected chi connectivity index (χ3v) is 3.04. The average Bonchev–Trinajstić information content (AvgIpc) is 2.38. The van der Waals surface area contributed by atoms with Gasteiger partial charge in [-0.25, -0.2) is 0 Å². The summed E-state index contributed by atoms with van der Waals surface area (Å²) in [5.74, 6) is 0.589. The minimum absolute atomic E-state index is 0.0301. The van der Waals surface area contributed by atoms with Crippen molar-refractivity contribution in [2.75, 3.05) is 0 Å². The van der Waals surface area contributed by atoms with Crippen molar-refractivity contribution in [1.82, 2.24) is 5.32 Å². The van der Waals surface area contributed by atoms with E-state index in [0.717, 1.165) is 18.4 Å². The molecule has 2 unspecified atom stereocenters. The number of rotatable bonds is 4. The van der Waals surface area contributed by atoms with Crippen LogP contribution in [0.4, 0.5) is 0 Å². The van der Waals surface area contributed by atoms with Gasteiger partial charge < -0.3 is 5.32 Å². The number of hydrogen-bond donors (Lipinski definition) is 1. The van der Waals surface area contributed by atoms with Crippen LogP contribution in [0.1, 0.15) is 24.9 Å². The summed E-state index contributed by atoms with van der Waals surface area (Å²) in [6.45, 7) is 2.19. The highest BCUT2D eigenvalue weighted by Crippen LogP contribution is 2.27. The quantitative estimate of drug-likeness (QED) is 0.787. The molecule has 1 aliphatic carbocycles. The van der Waals surface area contributed by atoms with Crippen molar-refractivity contribution in [3.63, 3.8) is 0 Å². The molecule has 0 spiro atoms. The van der Waals surface area contributed by atoms with Gasteiger partial charge >= 0.3 is 0 Å². The maximum atomic E-state index is 10.7. The number of benzene rings is 1. The van der Waals surface area contributed by atoms with Gasteiger partial charge in [0.25, 0.3) is 0 Å². The fourth-order valence-electron chi connectivity index (χ4n) is 2.06. The lowest BCUT2D eigenvalue weighted by Gasteiger charge is -2.21. The van der Waals surface area contributed by atoms with Crippen LogP contribution in [0.5, 0.6) is 0 Å². The summed E-state index contributed by atoms with van der Waals surface area (Å²) in [6, 6.07) is 10.0. The number of amides is 1. The van der Waals surface area contributed by atoms with Crippen LogP contribution in [-0.4, -0.2) is 6.41 Å². The normalized spacial score (nSPS) is 20.5. The number of carbonyl (C=O) groups is 1. The van der Waals surface area contributed by atoms with E-state index in [9.17, 15) is 4.79 Å². The van der Waals surface area contributed by atoms with E-state index in [2.05, 4.69) is 30.5 Å². The molecule has 1 aromatic carbocycles. The number of allylic oxidation sites excluding steroid dienone is 2. The van der Waals surface area contributed by atoms with E-state index in [0.29, 0.717) is 5.92 Å². The zero-order valence-electron chi connectivity index (χ0n) is 9.97. The minimum Gasteiger partial charge on any atom is -0.348 e. The molecular formula is C15H17NO. The first-order valence-corrected chi connectivity index (χ1v) is 5.94. The van der Waals surface area contributed by atoms with Crippen LogP contribution in [0, 0.1) is 5.92 Å². The SMILES string of the molecule is CC1C=CC(C(NC=O)c2ccccc2)=CC1. The number of carbonyl (C=O) groups excluding carboxylic acids is 1. The predicted molar refractivity (Wildman–Crippen MR) is 69.4 cm³/mol. The summed E-state index contributed by atoms with van der Waals surface area (Å²) in [7, 11) is 0. The summed E-state index contributed by atoms with van der Waals surface area (Å²) < 4.78 is 0. The van der Waals surface area contributed by atoms with E-state index in [-0.39, 0.29) is 6.04 Å². The third kappa shape index (κ3) is 2.84. The van der Waals surface area contributed by atoms with Crippen LogP contribution < -0.4 is 5.32 Å². The van der Waals surface area contributed by atoms with Crippen LogP contribution in [0.25, 0.3) is 0 Å². The standard InChI is InChI=1S/C15H17NO/c1-12-7-9-14(10-8-12)15(16-11-17)13-5-3-2-4-6-13/h2-7,9-12,15H,8H2,1H3,(H,16,17). The lowest BCUT2D eigenvalue weighted by Crippen LogP contribution is -2.21. The van der Waals surface area contributed by atoms with Crippen molar-refractivity contribution in [1.29, 1.82) is 0 Å². The molecule has 1 amide bonds. The highest BCUT2D eigenvalue weighted by atomic mass is 16.1. The Morgan fingerprint density at radius 1 is 1.35 bits per heavy atom. The molecule has 1 aromatic rings. The maximum Gasteiger partial charge on any atom is 0.207 e. The summed E-state index contributed by atoms with van der Waals surface area (Å²) in [5, 5.41) is 2.88. The van der Waals surface area contributed by atoms with E-state index in [4.69, 9.17) is 0 Å². The summed E-state index contributed by atoms with van der Waals surface area (Å²) in [4.78, 5) is 10.7. The molecule has 0 saturated carbocycles. The average molecular weight is 227 g/mol. The van der Waals surface area contributed by atoms with Crippen LogP contribution in [0.2, 0.25) is 0 Å². The lowest BCUT2D eigenvalue weighted by molar-refractivity contribution is -0.110. The summed E-state index contributed by atoms with van der Waals surface area (Å²) in [6.07, 6.45) is 8.32. The molecule has 88 valence electrons. The molecule has 17 heavy (non-hydrogen) atoms. The van der Waals surface area contributed by atoms with E-state index in [1.165, 1.54) is 5.57 Å². The van der Waals surface area contributed by atoms with E-state index < -0.39 is 0 Å². The molecule has 2 atom stereocenters. The van der Waals surface area contributed by atoms with Gasteiger partial charge in [0.2, 0.25) is 6.41 Å². The topological polar surface area (TPSA) is 29.1 Å². The Balaban J connectivity index is 2.24. The second-order valence-electron chi connectivity index (χ2n) is 4.40. The largest absolute Gasteiger partial charge is 0.348 e. The molecule has 0 bridgehead atoms. The maximum absolute atomic E-state index is 10.7. The molecule has 2 nitrogen and oxygen atoms in total. The van der Waals surface area contributed by atoms with Gasteiger partial charge in [-0.05, 0) is 23.5 Å². The van der Waals surface area contributed by atoms with Crippen LogP contribution >= 0.6 is 0 Å². The van der Waals surface area contributed by atoms with Crippen molar-refractivity contribution in [2.45, 2.75) is 19.4 Å².